The van der Waals surface area contributed by atoms with E-state index >= 15 is 0 Å². The van der Waals surface area contributed by atoms with Gasteiger partial charge in [-0.05, 0) is 50.1 Å². The minimum Gasteiger partial charge on any atom is -0.494 e. The second-order valence-corrected chi connectivity index (χ2v) is 6.30. The number of benzene rings is 1. The van der Waals surface area contributed by atoms with Crippen LogP contribution in [-0.4, -0.2) is 22.2 Å². The first kappa shape index (κ1) is 12.8. The van der Waals surface area contributed by atoms with E-state index in [1.54, 1.807) is 0 Å². The highest BCUT2D eigenvalue weighted by atomic mass is 32.2. The average Bonchev–Trinajstić information content (AvgIpc) is 2.77. The van der Waals surface area contributed by atoms with Crippen molar-refractivity contribution in [3.8, 4) is 5.75 Å². The number of ether oxygens (including phenoxy) is 1. The molecule has 1 fully saturated rings. The van der Waals surface area contributed by atoms with Crippen LogP contribution in [0, 0.1) is 0 Å². The van der Waals surface area contributed by atoms with Crippen molar-refractivity contribution in [1.82, 2.24) is 0 Å². The molecule has 1 N–H and O–H groups in total. The van der Waals surface area contributed by atoms with E-state index in [9.17, 15) is 5.11 Å². The molecule has 1 heterocycles. The number of hydrogen-bond donors (Lipinski definition) is 1. The van der Waals surface area contributed by atoms with E-state index in [-0.39, 0.29) is 4.75 Å². The topological polar surface area (TPSA) is 29.5 Å². The zero-order chi connectivity index (χ0) is 12.3. The summed E-state index contributed by atoms with van der Waals surface area (Å²) in [6.45, 7) is 4.78. The Labute approximate surface area is 107 Å². The first-order valence-electron chi connectivity index (χ1n) is 6.20. The van der Waals surface area contributed by atoms with Gasteiger partial charge in [-0.2, -0.15) is 11.8 Å². The van der Waals surface area contributed by atoms with Gasteiger partial charge in [0.1, 0.15) is 5.75 Å². The highest BCUT2D eigenvalue weighted by Crippen LogP contribution is 2.46. The van der Waals surface area contributed by atoms with Crippen molar-refractivity contribution < 1.29 is 9.84 Å². The number of aliphatic hydroxyl groups excluding tert-OH is 1. The van der Waals surface area contributed by atoms with Crippen molar-refractivity contribution >= 4 is 11.8 Å². The van der Waals surface area contributed by atoms with Crippen LogP contribution in [0.3, 0.4) is 0 Å². The second kappa shape index (κ2) is 5.32. The van der Waals surface area contributed by atoms with Gasteiger partial charge in [-0.15, -0.1) is 0 Å². The van der Waals surface area contributed by atoms with E-state index in [1.807, 2.05) is 43.0 Å². The molecule has 2 rings (SSSR count). The fourth-order valence-electron chi connectivity index (χ4n) is 2.31. The fraction of sp³-hybridized carbons (Fsp3) is 0.571. The Kier molecular flexibility index (Phi) is 4.00. The summed E-state index contributed by atoms with van der Waals surface area (Å²) < 4.78 is 5.44. The highest BCUT2D eigenvalue weighted by Gasteiger charge is 2.37. The second-order valence-electron chi connectivity index (χ2n) is 4.67. The normalized spacial score (nSPS) is 25.8. The van der Waals surface area contributed by atoms with E-state index < -0.39 is 6.10 Å². The third kappa shape index (κ3) is 2.78. The number of thioether (sulfide) groups is 1. The Morgan fingerprint density at radius 2 is 2.35 bits per heavy atom. The number of hydrogen-bond acceptors (Lipinski definition) is 3. The van der Waals surface area contributed by atoms with Gasteiger partial charge < -0.3 is 9.84 Å². The summed E-state index contributed by atoms with van der Waals surface area (Å²) in [5.74, 6) is 1.99. The van der Waals surface area contributed by atoms with Crippen LogP contribution in [0.1, 0.15) is 38.4 Å². The molecule has 0 radical (unpaired) electrons. The maximum atomic E-state index is 10.5. The monoisotopic (exact) mass is 252 g/mol. The van der Waals surface area contributed by atoms with E-state index in [0.717, 1.165) is 23.5 Å². The van der Waals surface area contributed by atoms with Gasteiger partial charge in [0.15, 0.2) is 0 Å². The highest BCUT2D eigenvalue weighted by molar-refractivity contribution is 8.00. The van der Waals surface area contributed by atoms with Crippen LogP contribution in [0.15, 0.2) is 24.3 Å². The van der Waals surface area contributed by atoms with Crippen LogP contribution in [0.5, 0.6) is 5.75 Å². The summed E-state index contributed by atoms with van der Waals surface area (Å²) in [6.07, 6.45) is 1.87. The molecule has 2 unspecified atom stereocenters. The predicted molar refractivity (Wildman–Crippen MR) is 72.7 cm³/mol. The van der Waals surface area contributed by atoms with Gasteiger partial charge in [0.05, 0.1) is 12.7 Å². The van der Waals surface area contributed by atoms with Crippen LogP contribution in [0.2, 0.25) is 0 Å². The van der Waals surface area contributed by atoms with Crippen molar-refractivity contribution in [2.24, 2.45) is 0 Å². The van der Waals surface area contributed by atoms with E-state index in [2.05, 4.69) is 6.92 Å². The van der Waals surface area contributed by atoms with Gasteiger partial charge in [-0.25, -0.2) is 0 Å². The lowest BCUT2D eigenvalue weighted by Gasteiger charge is -2.29. The average molecular weight is 252 g/mol. The third-order valence-corrected chi connectivity index (χ3v) is 4.89. The van der Waals surface area contributed by atoms with Gasteiger partial charge in [0, 0.05) is 4.75 Å². The van der Waals surface area contributed by atoms with Gasteiger partial charge in [0.2, 0.25) is 0 Å². The SMILES string of the molecule is CCOc1cccc(C(O)C2(C)CCCS2)c1. The molecule has 2 atom stereocenters. The number of rotatable bonds is 4. The lowest BCUT2D eigenvalue weighted by molar-refractivity contribution is 0.134. The summed E-state index contributed by atoms with van der Waals surface area (Å²) in [5.41, 5.74) is 0.966. The molecular weight excluding hydrogens is 232 g/mol. The zero-order valence-corrected chi connectivity index (χ0v) is 11.3. The summed E-state index contributed by atoms with van der Waals surface area (Å²) in [7, 11) is 0. The van der Waals surface area contributed by atoms with Crippen molar-refractivity contribution in [2.75, 3.05) is 12.4 Å². The first-order chi connectivity index (χ1) is 8.15. The van der Waals surface area contributed by atoms with Gasteiger partial charge in [-0.3, -0.25) is 0 Å². The Balaban J connectivity index is 2.18. The molecule has 0 bridgehead atoms. The summed E-state index contributed by atoms with van der Waals surface area (Å²) in [4.78, 5) is 0. The molecule has 17 heavy (non-hydrogen) atoms. The molecule has 2 nitrogen and oxygen atoms in total. The molecule has 3 heteroatoms. The summed E-state index contributed by atoms with van der Waals surface area (Å²) >= 11 is 1.88. The van der Waals surface area contributed by atoms with Crippen LogP contribution in [-0.2, 0) is 0 Å². The Hall–Kier alpha value is -0.670. The number of aliphatic hydroxyl groups is 1. The maximum absolute atomic E-state index is 10.5. The summed E-state index contributed by atoms with van der Waals surface area (Å²) in [5, 5.41) is 10.5. The van der Waals surface area contributed by atoms with Crippen molar-refractivity contribution in [3.63, 3.8) is 0 Å². The van der Waals surface area contributed by atoms with E-state index in [4.69, 9.17) is 4.74 Å². The molecule has 1 aliphatic rings. The molecular formula is C14H20O2S. The lowest BCUT2D eigenvalue weighted by atomic mass is 9.93. The quantitative estimate of drug-likeness (QED) is 0.890. The van der Waals surface area contributed by atoms with E-state index in [1.165, 1.54) is 6.42 Å². The molecule has 1 aromatic carbocycles. The third-order valence-electron chi connectivity index (χ3n) is 3.31. The maximum Gasteiger partial charge on any atom is 0.119 e. The fourth-order valence-corrected chi connectivity index (χ4v) is 3.65. The van der Waals surface area contributed by atoms with Crippen molar-refractivity contribution in [3.05, 3.63) is 29.8 Å². The minimum atomic E-state index is -0.407. The van der Waals surface area contributed by atoms with Crippen LogP contribution >= 0.6 is 11.8 Å². The zero-order valence-electron chi connectivity index (χ0n) is 10.5. The van der Waals surface area contributed by atoms with Crippen LogP contribution in [0.25, 0.3) is 0 Å². The van der Waals surface area contributed by atoms with E-state index in [0.29, 0.717) is 6.61 Å². The van der Waals surface area contributed by atoms with Crippen LogP contribution in [0.4, 0.5) is 0 Å². The Morgan fingerprint density at radius 3 is 3.00 bits per heavy atom. The summed E-state index contributed by atoms with van der Waals surface area (Å²) in [6, 6.07) is 7.83. The minimum absolute atomic E-state index is 0.0369. The molecule has 0 saturated carbocycles. The molecule has 0 aliphatic carbocycles. The molecule has 1 saturated heterocycles. The largest absolute Gasteiger partial charge is 0.494 e. The molecule has 0 amide bonds. The first-order valence-corrected chi connectivity index (χ1v) is 7.19. The Morgan fingerprint density at radius 1 is 1.53 bits per heavy atom. The standard InChI is InChI=1S/C14H20O2S/c1-3-16-12-7-4-6-11(10-12)13(15)14(2)8-5-9-17-14/h4,6-7,10,13,15H,3,5,8-9H2,1-2H3. The molecule has 1 aromatic rings. The predicted octanol–water partition coefficient (Wildman–Crippen LogP) is 3.40. The molecule has 1 aliphatic heterocycles. The van der Waals surface area contributed by atoms with Crippen molar-refractivity contribution in [2.45, 2.75) is 37.5 Å². The lowest BCUT2D eigenvalue weighted by Crippen LogP contribution is -2.26. The van der Waals surface area contributed by atoms with Crippen molar-refractivity contribution in [1.29, 1.82) is 0 Å². The molecule has 0 spiro atoms. The van der Waals surface area contributed by atoms with Gasteiger partial charge >= 0.3 is 0 Å². The van der Waals surface area contributed by atoms with Gasteiger partial charge in [0.25, 0.3) is 0 Å². The molecule has 94 valence electrons. The molecule has 0 aromatic heterocycles. The van der Waals surface area contributed by atoms with Crippen LogP contribution < -0.4 is 4.74 Å². The Bertz CT molecular complexity index is 372. The van der Waals surface area contributed by atoms with Gasteiger partial charge in [-0.1, -0.05) is 12.1 Å². The smallest absolute Gasteiger partial charge is 0.119 e.